The molecule has 1 N–H and O–H groups in total. The van der Waals surface area contributed by atoms with Gasteiger partial charge in [-0.3, -0.25) is 4.90 Å². The predicted octanol–water partition coefficient (Wildman–Crippen LogP) is 5.01. The number of allylic oxidation sites excluding steroid dienone is 3. The van der Waals surface area contributed by atoms with Crippen LogP contribution in [0.5, 0.6) is 11.5 Å². The summed E-state index contributed by atoms with van der Waals surface area (Å²) in [6.45, 7) is 5.03. The van der Waals surface area contributed by atoms with E-state index in [4.69, 9.17) is 4.74 Å². The van der Waals surface area contributed by atoms with E-state index in [0.29, 0.717) is 11.8 Å². The molecule has 0 bridgehead atoms. The van der Waals surface area contributed by atoms with Crippen LogP contribution in [-0.4, -0.2) is 30.7 Å². The molecule has 0 spiro atoms. The van der Waals surface area contributed by atoms with Gasteiger partial charge in [0, 0.05) is 12.6 Å². The van der Waals surface area contributed by atoms with Gasteiger partial charge >= 0.3 is 0 Å². The van der Waals surface area contributed by atoms with Crippen molar-refractivity contribution in [3.8, 4) is 11.5 Å². The first-order valence-electron chi connectivity index (χ1n) is 9.14. The highest BCUT2D eigenvalue weighted by atomic mass is 16.5. The number of rotatable bonds is 3. The number of fused-ring (bicyclic) bond motifs is 1. The van der Waals surface area contributed by atoms with Gasteiger partial charge in [-0.1, -0.05) is 37.6 Å². The molecule has 1 aliphatic carbocycles. The Morgan fingerprint density at radius 2 is 2.04 bits per heavy atom. The molecule has 3 nitrogen and oxygen atoms in total. The minimum atomic E-state index is 0.248. The molecule has 1 aromatic rings. The lowest BCUT2D eigenvalue weighted by molar-refractivity contribution is 0.228. The number of methoxy groups -OCH3 is 1. The molecule has 1 atom stereocenters. The summed E-state index contributed by atoms with van der Waals surface area (Å²) in [5, 5.41) is 10.0. The minimum Gasteiger partial charge on any atom is -0.504 e. The Morgan fingerprint density at radius 1 is 1.25 bits per heavy atom. The van der Waals surface area contributed by atoms with Crippen molar-refractivity contribution >= 4 is 0 Å². The zero-order valence-electron chi connectivity index (χ0n) is 15.5. The van der Waals surface area contributed by atoms with Crippen LogP contribution in [0.15, 0.2) is 35.9 Å². The van der Waals surface area contributed by atoms with E-state index >= 15 is 0 Å². The van der Waals surface area contributed by atoms with Crippen LogP contribution in [0.4, 0.5) is 0 Å². The third-order valence-electron chi connectivity index (χ3n) is 4.81. The van der Waals surface area contributed by atoms with Crippen molar-refractivity contribution in [2.75, 3.05) is 20.7 Å². The summed E-state index contributed by atoms with van der Waals surface area (Å²) in [6.07, 6.45) is 12.6. The number of ether oxygens (including phenoxy) is 1. The summed E-state index contributed by atoms with van der Waals surface area (Å²) in [5.74, 6) is 0.822. The van der Waals surface area contributed by atoms with Gasteiger partial charge in [0.25, 0.3) is 0 Å². The average molecular weight is 329 g/mol. The van der Waals surface area contributed by atoms with Crippen LogP contribution in [0, 0.1) is 0 Å². The number of likely N-dealkylation sites (N-methyl/N-ethyl adjacent to an activating group) is 1. The fourth-order valence-corrected chi connectivity index (χ4v) is 3.47. The van der Waals surface area contributed by atoms with Crippen LogP contribution in [0.3, 0.4) is 0 Å². The molecule has 132 valence electrons. The van der Waals surface area contributed by atoms with E-state index in [0.717, 1.165) is 19.4 Å². The maximum absolute atomic E-state index is 10.0. The van der Waals surface area contributed by atoms with E-state index in [-0.39, 0.29) is 5.75 Å². The van der Waals surface area contributed by atoms with E-state index in [2.05, 4.69) is 30.2 Å². The average Bonchev–Trinajstić information content (AvgIpc) is 2.87. The second-order valence-corrected chi connectivity index (χ2v) is 6.29. The maximum atomic E-state index is 10.0. The minimum absolute atomic E-state index is 0.248. The van der Waals surface area contributed by atoms with Crippen molar-refractivity contribution in [2.24, 2.45) is 0 Å². The number of phenolic OH excluding ortho intramolecular Hbond substituents is 1. The van der Waals surface area contributed by atoms with E-state index in [1.54, 1.807) is 7.11 Å². The molecule has 2 aliphatic rings. The Balaban J connectivity index is 0.00000100. The Morgan fingerprint density at radius 3 is 2.79 bits per heavy atom. The Bertz CT molecular complexity index is 604. The monoisotopic (exact) mass is 329 g/mol. The van der Waals surface area contributed by atoms with Crippen molar-refractivity contribution < 1.29 is 9.84 Å². The Labute approximate surface area is 146 Å². The largest absolute Gasteiger partial charge is 0.504 e. The van der Waals surface area contributed by atoms with Gasteiger partial charge in [-0.2, -0.15) is 0 Å². The number of phenols is 1. The topological polar surface area (TPSA) is 32.7 Å². The van der Waals surface area contributed by atoms with E-state index in [1.807, 2.05) is 26.0 Å². The van der Waals surface area contributed by atoms with Crippen LogP contribution < -0.4 is 4.74 Å². The molecule has 0 aromatic heterocycles. The van der Waals surface area contributed by atoms with Crippen LogP contribution in [0.1, 0.15) is 56.7 Å². The number of benzene rings is 1. The van der Waals surface area contributed by atoms with E-state index in [9.17, 15) is 5.11 Å². The van der Waals surface area contributed by atoms with Crippen LogP contribution in [0.25, 0.3) is 0 Å². The van der Waals surface area contributed by atoms with Crippen molar-refractivity contribution in [2.45, 2.75) is 52.0 Å². The second-order valence-electron chi connectivity index (χ2n) is 6.29. The third-order valence-corrected chi connectivity index (χ3v) is 4.81. The first kappa shape index (κ1) is 18.6. The lowest BCUT2D eigenvalue weighted by Gasteiger charge is -2.35. The summed E-state index contributed by atoms with van der Waals surface area (Å²) in [4.78, 5) is 2.42. The van der Waals surface area contributed by atoms with Crippen LogP contribution >= 0.6 is 0 Å². The molecule has 0 radical (unpaired) electrons. The van der Waals surface area contributed by atoms with Gasteiger partial charge in [-0.25, -0.2) is 0 Å². The van der Waals surface area contributed by atoms with Crippen molar-refractivity contribution in [3.05, 3.63) is 47.1 Å². The number of nitrogens with zero attached hydrogens (tertiary/aromatic N) is 1. The zero-order valence-corrected chi connectivity index (χ0v) is 15.5. The van der Waals surface area contributed by atoms with E-state index in [1.165, 1.54) is 36.0 Å². The standard InChI is InChI=1S/C19H25NO2.C2H6/c1-20-10-9-15-12-18(21)19(22-2)13-16(15)17(20)11-14-7-5-3-4-6-8-14;1-2/h5,7-8,12-13,17,21H,3-4,6,9-11H2,1-2H3;1-2H3. The lowest BCUT2D eigenvalue weighted by atomic mass is 9.88. The first-order valence-corrected chi connectivity index (χ1v) is 9.14. The molecule has 1 aliphatic heterocycles. The summed E-state index contributed by atoms with van der Waals surface area (Å²) in [5.41, 5.74) is 3.97. The summed E-state index contributed by atoms with van der Waals surface area (Å²) in [6, 6.07) is 4.25. The van der Waals surface area contributed by atoms with E-state index < -0.39 is 0 Å². The van der Waals surface area contributed by atoms with Gasteiger partial charge in [0.05, 0.1) is 7.11 Å². The molecule has 0 fully saturated rings. The van der Waals surface area contributed by atoms with Gasteiger partial charge < -0.3 is 9.84 Å². The Hall–Kier alpha value is -1.74. The smallest absolute Gasteiger partial charge is 0.160 e. The number of aromatic hydroxyl groups is 1. The fourth-order valence-electron chi connectivity index (χ4n) is 3.47. The quantitative estimate of drug-likeness (QED) is 0.846. The molecule has 0 saturated heterocycles. The molecule has 1 aromatic carbocycles. The second kappa shape index (κ2) is 8.93. The normalized spacial score (nSPS) is 20.3. The lowest BCUT2D eigenvalue weighted by Crippen LogP contribution is -2.32. The highest BCUT2D eigenvalue weighted by Gasteiger charge is 2.27. The van der Waals surface area contributed by atoms with Crippen molar-refractivity contribution in [3.63, 3.8) is 0 Å². The first-order chi connectivity index (χ1) is 11.7. The number of hydrogen-bond acceptors (Lipinski definition) is 3. The zero-order chi connectivity index (χ0) is 17.5. The SMILES string of the molecule is CC.COc1cc2c(cc1O)CCN(C)C2CC1=CCCCC=C1. The summed E-state index contributed by atoms with van der Waals surface area (Å²) >= 11 is 0. The van der Waals surface area contributed by atoms with Gasteiger partial charge in [0.15, 0.2) is 11.5 Å². The third kappa shape index (κ3) is 4.21. The van der Waals surface area contributed by atoms with Gasteiger partial charge in [-0.15, -0.1) is 0 Å². The Kier molecular flexibility index (Phi) is 6.92. The molecule has 3 heteroatoms. The molecule has 0 amide bonds. The van der Waals surface area contributed by atoms with Crippen molar-refractivity contribution in [1.82, 2.24) is 4.90 Å². The molecule has 1 unspecified atom stereocenters. The molecular weight excluding hydrogens is 298 g/mol. The number of hydrogen-bond donors (Lipinski definition) is 1. The van der Waals surface area contributed by atoms with Gasteiger partial charge in [-0.05, 0) is 62.4 Å². The highest BCUT2D eigenvalue weighted by Crippen LogP contribution is 2.39. The van der Waals surface area contributed by atoms with Crippen LogP contribution in [0.2, 0.25) is 0 Å². The predicted molar refractivity (Wildman–Crippen MR) is 101 cm³/mol. The molecule has 3 rings (SSSR count). The van der Waals surface area contributed by atoms with Crippen LogP contribution in [-0.2, 0) is 6.42 Å². The summed E-state index contributed by atoms with van der Waals surface area (Å²) < 4.78 is 5.31. The maximum Gasteiger partial charge on any atom is 0.160 e. The molecule has 24 heavy (non-hydrogen) atoms. The highest BCUT2D eigenvalue weighted by molar-refractivity contribution is 5.49. The van der Waals surface area contributed by atoms with Crippen molar-refractivity contribution in [1.29, 1.82) is 0 Å². The van der Waals surface area contributed by atoms with Gasteiger partial charge in [0.2, 0.25) is 0 Å². The molecule has 1 heterocycles. The molecular formula is C21H31NO2. The molecule has 0 saturated carbocycles. The fraction of sp³-hybridized carbons (Fsp3) is 0.524. The van der Waals surface area contributed by atoms with Gasteiger partial charge in [0.1, 0.15) is 0 Å². The summed E-state index contributed by atoms with van der Waals surface area (Å²) in [7, 11) is 3.80.